The molecule has 4 rings (SSSR count). The van der Waals surface area contributed by atoms with Crippen molar-refractivity contribution in [2.45, 2.75) is 19.9 Å². The maximum absolute atomic E-state index is 12.8. The van der Waals surface area contributed by atoms with E-state index in [9.17, 15) is 4.79 Å². The number of para-hydroxylation sites is 2. The summed E-state index contributed by atoms with van der Waals surface area (Å²) in [6.45, 7) is 2.91. The van der Waals surface area contributed by atoms with E-state index in [1.807, 2.05) is 36.4 Å². The number of nitrogens with zero attached hydrogens (tertiary/aromatic N) is 2. The maximum Gasteiger partial charge on any atom is 0.343 e. The molecule has 0 fully saturated rings. The number of hydrogen-bond acceptors (Lipinski definition) is 3. The van der Waals surface area contributed by atoms with Gasteiger partial charge in [-0.3, -0.25) is 0 Å². The fourth-order valence-corrected chi connectivity index (χ4v) is 3.56. The van der Waals surface area contributed by atoms with Gasteiger partial charge in [0.2, 0.25) is 0 Å². The molecule has 0 aliphatic rings. The Morgan fingerprint density at radius 2 is 1.55 bits per heavy atom. The molecule has 4 aromatic rings. The second-order valence-electron chi connectivity index (χ2n) is 7.02. The summed E-state index contributed by atoms with van der Waals surface area (Å²) < 4.78 is 7.94. The largest absolute Gasteiger partial charge is 0.422 e. The number of aryl methyl sites for hydroxylation is 1. The quantitative estimate of drug-likeness (QED) is 0.232. The highest BCUT2D eigenvalue weighted by molar-refractivity contribution is 6.31. The van der Waals surface area contributed by atoms with E-state index in [2.05, 4.69) is 11.5 Å². The van der Waals surface area contributed by atoms with Gasteiger partial charge < -0.3 is 9.30 Å². The fraction of sp³-hybridized carbons (Fsp3) is 0.120. The molecule has 0 bridgehead atoms. The SMILES string of the molecule is CCCn1c(/C=C(\OC(=O)c2ccc(Cl)cc2)c2ccc(Cl)cc2)nc2ccccc21. The number of fused-ring (bicyclic) bond motifs is 1. The highest BCUT2D eigenvalue weighted by atomic mass is 35.5. The normalized spacial score (nSPS) is 11.6. The van der Waals surface area contributed by atoms with Gasteiger partial charge in [0.25, 0.3) is 0 Å². The number of carbonyl (C=O) groups is 1. The van der Waals surface area contributed by atoms with Gasteiger partial charge in [0.15, 0.2) is 0 Å². The zero-order valence-electron chi connectivity index (χ0n) is 16.9. The summed E-state index contributed by atoms with van der Waals surface area (Å²) >= 11 is 12.0. The van der Waals surface area contributed by atoms with Gasteiger partial charge >= 0.3 is 5.97 Å². The van der Waals surface area contributed by atoms with Gasteiger partial charge in [-0.25, -0.2) is 9.78 Å². The van der Waals surface area contributed by atoms with Gasteiger partial charge in [0.1, 0.15) is 11.6 Å². The second-order valence-corrected chi connectivity index (χ2v) is 7.90. The lowest BCUT2D eigenvalue weighted by Crippen LogP contribution is -2.06. The molecular formula is C25H20Cl2N2O2. The topological polar surface area (TPSA) is 44.1 Å². The number of aromatic nitrogens is 2. The molecule has 6 heteroatoms. The molecule has 0 aliphatic heterocycles. The number of benzene rings is 3. The van der Waals surface area contributed by atoms with Crippen LogP contribution in [0, 0.1) is 0 Å². The average molecular weight is 451 g/mol. The van der Waals surface area contributed by atoms with E-state index in [-0.39, 0.29) is 0 Å². The van der Waals surface area contributed by atoms with Crippen LogP contribution in [-0.4, -0.2) is 15.5 Å². The fourth-order valence-electron chi connectivity index (χ4n) is 3.31. The average Bonchev–Trinajstić information content (AvgIpc) is 3.12. The second kappa shape index (κ2) is 9.38. The van der Waals surface area contributed by atoms with Crippen molar-refractivity contribution < 1.29 is 9.53 Å². The monoisotopic (exact) mass is 450 g/mol. The first-order chi connectivity index (χ1) is 15.0. The maximum atomic E-state index is 12.8. The molecule has 0 saturated carbocycles. The third kappa shape index (κ3) is 4.82. The smallest absolute Gasteiger partial charge is 0.343 e. The lowest BCUT2D eigenvalue weighted by Gasteiger charge is -2.11. The molecular weight excluding hydrogens is 431 g/mol. The Labute approximate surface area is 190 Å². The van der Waals surface area contributed by atoms with Gasteiger partial charge in [-0.15, -0.1) is 0 Å². The summed E-state index contributed by atoms with van der Waals surface area (Å²) in [6, 6.07) is 21.7. The minimum absolute atomic E-state index is 0.393. The minimum atomic E-state index is -0.476. The Morgan fingerprint density at radius 1 is 0.935 bits per heavy atom. The van der Waals surface area contributed by atoms with Crippen molar-refractivity contribution in [3.8, 4) is 0 Å². The van der Waals surface area contributed by atoms with Crippen LogP contribution in [0.3, 0.4) is 0 Å². The van der Waals surface area contributed by atoms with E-state index in [0.29, 0.717) is 21.4 Å². The summed E-state index contributed by atoms with van der Waals surface area (Å²) in [5, 5.41) is 1.16. The number of esters is 1. The number of halogens is 2. The first-order valence-corrected chi connectivity index (χ1v) is 10.7. The van der Waals surface area contributed by atoms with Gasteiger partial charge in [-0.2, -0.15) is 0 Å². The lowest BCUT2D eigenvalue weighted by atomic mass is 10.1. The lowest BCUT2D eigenvalue weighted by molar-refractivity contribution is 0.0693. The van der Waals surface area contributed by atoms with Crippen LogP contribution in [0.2, 0.25) is 10.0 Å². The summed E-state index contributed by atoms with van der Waals surface area (Å²) in [7, 11) is 0. The van der Waals surface area contributed by atoms with Crippen molar-refractivity contribution in [1.29, 1.82) is 0 Å². The van der Waals surface area contributed by atoms with E-state index in [1.165, 1.54) is 0 Å². The number of imidazole rings is 1. The Kier molecular flexibility index (Phi) is 6.40. The van der Waals surface area contributed by atoms with Crippen molar-refractivity contribution in [3.05, 3.63) is 99.8 Å². The Bertz CT molecular complexity index is 1240. The molecule has 0 amide bonds. The van der Waals surface area contributed by atoms with Crippen LogP contribution in [0.5, 0.6) is 0 Å². The van der Waals surface area contributed by atoms with Crippen LogP contribution in [0.1, 0.15) is 35.1 Å². The summed E-state index contributed by atoms with van der Waals surface area (Å²) in [4.78, 5) is 17.6. The van der Waals surface area contributed by atoms with Gasteiger partial charge in [0.05, 0.1) is 16.6 Å². The number of hydrogen-bond donors (Lipinski definition) is 0. The van der Waals surface area contributed by atoms with Gasteiger partial charge in [0, 0.05) is 28.2 Å². The van der Waals surface area contributed by atoms with Crippen LogP contribution in [-0.2, 0) is 11.3 Å². The predicted molar refractivity (Wildman–Crippen MR) is 126 cm³/mol. The molecule has 0 spiro atoms. The standard InChI is InChI=1S/C25H20Cl2N2O2/c1-2-15-29-22-6-4-3-5-21(22)28-24(29)16-23(17-7-11-19(26)12-8-17)31-25(30)18-9-13-20(27)14-10-18/h3-14,16H,2,15H2,1H3/b23-16-. The van der Waals surface area contributed by atoms with Crippen LogP contribution >= 0.6 is 23.2 Å². The van der Waals surface area contributed by atoms with E-state index in [0.717, 1.165) is 35.4 Å². The highest BCUT2D eigenvalue weighted by Gasteiger charge is 2.15. The summed E-state index contributed by atoms with van der Waals surface area (Å²) in [5.74, 6) is 0.636. The molecule has 0 N–H and O–H groups in total. The van der Waals surface area contributed by atoms with E-state index >= 15 is 0 Å². The minimum Gasteiger partial charge on any atom is -0.422 e. The summed E-state index contributed by atoms with van der Waals surface area (Å²) in [5.41, 5.74) is 3.06. The van der Waals surface area contributed by atoms with E-state index in [1.54, 1.807) is 42.5 Å². The third-order valence-corrected chi connectivity index (χ3v) is 5.31. The van der Waals surface area contributed by atoms with Gasteiger partial charge in [-0.1, -0.05) is 42.3 Å². The van der Waals surface area contributed by atoms with Gasteiger partial charge in [-0.05, 0) is 67.1 Å². The number of carbonyl (C=O) groups excluding carboxylic acids is 1. The van der Waals surface area contributed by atoms with Crippen molar-refractivity contribution in [2.75, 3.05) is 0 Å². The van der Waals surface area contributed by atoms with Crippen molar-refractivity contribution in [1.82, 2.24) is 9.55 Å². The van der Waals surface area contributed by atoms with E-state index < -0.39 is 5.97 Å². The first kappa shape index (κ1) is 21.2. The Balaban J connectivity index is 1.79. The van der Waals surface area contributed by atoms with Crippen molar-refractivity contribution in [3.63, 3.8) is 0 Å². The molecule has 1 heterocycles. The molecule has 0 atom stereocenters. The first-order valence-electron chi connectivity index (χ1n) is 9.96. The van der Waals surface area contributed by atoms with Crippen LogP contribution < -0.4 is 0 Å². The molecule has 0 aliphatic carbocycles. The predicted octanol–water partition coefficient (Wildman–Crippen LogP) is 7.11. The van der Waals surface area contributed by atoms with Crippen LogP contribution in [0.25, 0.3) is 22.9 Å². The molecule has 4 nitrogen and oxygen atoms in total. The van der Waals surface area contributed by atoms with Crippen LogP contribution in [0.4, 0.5) is 0 Å². The van der Waals surface area contributed by atoms with Crippen molar-refractivity contribution >= 4 is 52.0 Å². The molecule has 0 radical (unpaired) electrons. The molecule has 0 saturated heterocycles. The zero-order valence-corrected chi connectivity index (χ0v) is 18.4. The Morgan fingerprint density at radius 3 is 2.19 bits per heavy atom. The van der Waals surface area contributed by atoms with Crippen LogP contribution in [0.15, 0.2) is 72.8 Å². The molecule has 156 valence electrons. The summed E-state index contributed by atoms with van der Waals surface area (Å²) in [6.07, 6.45) is 2.74. The number of rotatable bonds is 6. The van der Waals surface area contributed by atoms with Crippen molar-refractivity contribution in [2.24, 2.45) is 0 Å². The highest BCUT2D eigenvalue weighted by Crippen LogP contribution is 2.25. The molecule has 3 aromatic carbocycles. The molecule has 0 unspecified atom stereocenters. The van der Waals surface area contributed by atoms with E-state index in [4.69, 9.17) is 32.9 Å². The Hall–Kier alpha value is -3.08. The molecule has 31 heavy (non-hydrogen) atoms. The number of ether oxygens (including phenoxy) is 1. The third-order valence-electron chi connectivity index (χ3n) is 4.80. The molecule has 1 aromatic heterocycles. The zero-order chi connectivity index (χ0) is 21.8.